The normalized spacial score (nSPS) is 15.5. The summed E-state index contributed by atoms with van der Waals surface area (Å²) >= 11 is 6.43. The molecule has 8 heteroatoms. The zero-order valence-corrected chi connectivity index (χ0v) is 17.6. The van der Waals surface area contributed by atoms with Crippen LogP contribution in [0, 0.1) is 0 Å². The van der Waals surface area contributed by atoms with E-state index in [2.05, 4.69) is 10.2 Å². The van der Waals surface area contributed by atoms with Crippen molar-refractivity contribution in [3.63, 3.8) is 0 Å². The fraction of sp³-hybridized carbons (Fsp3) is 0.304. The summed E-state index contributed by atoms with van der Waals surface area (Å²) in [7, 11) is 0. The highest BCUT2D eigenvalue weighted by Gasteiger charge is 2.24. The van der Waals surface area contributed by atoms with Gasteiger partial charge in [0.2, 0.25) is 0 Å². The van der Waals surface area contributed by atoms with Crippen LogP contribution in [0.25, 0.3) is 11.0 Å². The topological polar surface area (TPSA) is 81.0 Å². The molecule has 0 aliphatic carbocycles. The predicted octanol–water partition coefficient (Wildman–Crippen LogP) is 3.01. The lowest BCUT2D eigenvalue weighted by molar-refractivity contribution is -0.123. The van der Waals surface area contributed by atoms with Crippen molar-refractivity contribution in [3.8, 4) is 5.75 Å². The van der Waals surface area contributed by atoms with Crippen molar-refractivity contribution in [2.75, 3.05) is 39.5 Å². The van der Waals surface area contributed by atoms with Gasteiger partial charge in [0.15, 0.2) is 6.61 Å². The van der Waals surface area contributed by atoms with Gasteiger partial charge < -0.3 is 19.2 Å². The highest BCUT2D eigenvalue weighted by Crippen LogP contribution is 2.27. The number of rotatable bonds is 7. The molecule has 2 aromatic carbocycles. The number of nitrogens with zero attached hydrogens (tertiary/aromatic N) is 1. The second kappa shape index (κ2) is 9.96. The third-order valence-electron chi connectivity index (χ3n) is 5.21. The van der Waals surface area contributed by atoms with Crippen LogP contribution in [0.15, 0.2) is 63.8 Å². The number of hydrogen-bond acceptors (Lipinski definition) is 6. The van der Waals surface area contributed by atoms with Gasteiger partial charge in [-0.25, -0.2) is 4.79 Å². The zero-order valence-electron chi connectivity index (χ0n) is 16.9. The number of carbonyl (C=O) groups is 1. The molecular weight excluding hydrogens is 420 g/mol. The molecule has 1 amide bonds. The van der Waals surface area contributed by atoms with E-state index in [-0.39, 0.29) is 18.6 Å². The third-order valence-corrected chi connectivity index (χ3v) is 5.55. The van der Waals surface area contributed by atoms with Gasteiger partial charge in [0.05, 0.1) is 19.3 Å². The van der Waals surface area contributed by atoms with Crippen molar-refractivity contribution in [1.82, 2.24) is 10.2 Å². The summed E-state index contributed by atoms with van der Waals surface area (Å²) < 4.78 is 16.2. The zero-order chi connectivity index (χ0) is 21.6. The molecule has 1 atom stereocenters. The van der Waals surface area contributed by atoms with Gasteiger partial charge in [-0.3, -0.25) is 9.69 Å². The van der Waals surface area contributed by atoms with Gasteiger partial charge in [0.25, 0.3) is 5.91 Å². The van der Waals surface area contributed by atoms with Crippen LogP contribution in [-0.2, 0) is 9.53 Å². The molecular formula is C23H23ClN2O5. The molecule has 1 aliphatic heterocycles. The van der Waals surface area contributed by atoms with E-state index in [1.54, 1.807) is 24.3 Å². The van der Waals surface area contributed by atoms with E-state index in [9.17, 15) is 9.59 Å². The Kier molecular flexibility index (Phi) is 6.86. The maximum atomic E-state index is 12.5. The minimum Gasteiger partial charge on any atom is -0.484 e. The molecule has 1 saturated heterocycles. The SMILES string of the molecule is O=C(COc1ccc2ccc(=O)oc2c1)NCC(c1ccccc1Cl)N1CCOCC1. The number of halogens is 1. The lowest BCUT2D eigenvalue weighted by Gasteiger charge is -2.35. The van der Waals surface area contributed by atoms with Crippen molar-refractivity contribution in [1.29, 1.82) is 0 Å². The fourth-order valence-corrected chi connectivity index (χ4v) is 3.87. The van der Waals surface area contributed by atoms with Gasteiger partial charge in [-0.05, 0) is 29.8 Å². The van der Waals surface area contributed by atoms with Crippen LogP contribution >= 0.6 is 11.6 Å². The molecule has 0 radical (unpaired) electrons. The Hall–Kier alpha value is -2.87. The summed E-state index contributed by atoms with van der Waals surface area (Å²) in [5.41, 5.74) is 0.949. The largest absolute Gasteiger partial charge is 0.484 e. The maximum absolute atomic E-state index is 12.5. The van der Waals surface area contributed by atoms with Crippen LogP contribution in [-0.4, -0.2) is 50.3 Å². The molecule has 31 heavy (non-hydrogen) atoms. The number of morpholine rings is 1. The van der Waals surface area contributed by atoms with Crippen LogP contribution in [0.3, 0.4) is 0 Å². The molecule has 0 spiro atoms. The summed E-state index contributed by atoms with van der Waals surface area (Å²) in [5.74, 6) is 0.202. The third kappa shape index (κ3) is 5.44. The molecule has 0 saturated carbocycles. The molecule has 4 rings (SSSR count). The van der Waals surface area contributed by atoms with Gasteiger partial charge in [-0.2, -0.15) is 0 Å². The number of amides is 1. The summed E-state index contributed by atoms with van der Waals surface area (Å²) in [6.45, 7) is 3.08. The van der Waals surface area contributed by atoms with Gasteiger partial charge in [-0.15, -0.1) is 0 Å². The molecule has 2 heterocycles. The van der Waals surface area contributed by atoms with E-state index in [1.165, 1.54) is 6.07 Å². The first kappa shape index (κ1) is 21.4. The molecule has 1 aliphatic rings. The lowest BCUT2D eigenvalue weighted by atomic mass is 10.0. The molecule has 1 N–H and O–H groups in total. The molecule has 162 valence electrons. The summed E-state index contributed by atoms with van der Waals surface area (Å²) in [4.78, 5) is 26.1. The number of hydrogen-bond donors (Lipinski definition) is 1. The van der Waals surface area contributed by atoms with Crippen molar-refractivity contribution in [2.24, 2.45) is 0 Å². The minimum atomic E-state index is -0.434. The second-order valence-electron chi connectivity index (χ2n) is 7.23. The highest BCUT2D eigenvalue weighted by molar-refractivity contribution is 6.31. The Bertz CT molecular complexity index is 1110. The summed E-state index contributed by atoms with van der Waals surface area (Å²) in [5, 5.41) is 4.39. The van der Waals surface area contributed by atoms with E-state index in [0.717, 1.165) is 24.0 Å². The van der Waals surface area contributed by atoms with Crippen LogP contribution in [0.5, 0.6) is 5.75 Å². The minimum absolute atomic E-state index is 0.0588. The second-order valence-corrected chi connectivity index (χ2v) is 7.64. The van der Waals surface area contributed by atoms with E-state index in [4.69, 9.17) is 25.5 Å². The molecule has 3 aromatic rings. The Morgan fingerprint density at radius 3 is 2.71 bits per heavy atom. The Labute approximate surface area is 184 Å². The molecule has 7 nitrogen and oxygen atoms in total. The number of fused-ring (bicyclic) bond motifs is 1. The first-order chi connectivity index (χ1) is 15.1. The highest BCUT2D eigenvalue weighted by atomic mass is 35.5. The average molecular weight is 443 g/mol. The molecule has 0 bridgehead atoms. The van der Waals surface area contributed by atoms with E-state index < -0.39 is 5.63 Å². The Morgan fingerprint density at radius 2 is 1.90 bits per heavy atom. The number of carbonyl (C=O) groups excluding carboxylic acids is 1. The van der Waals surface area contributed by atoms with Gasteiger partial charge in [-0.1, -0.05) is 29.8 Å². The van der Waals surface area contributed by atoms with Crippen LogP contribution < -0.4 is 15.7 Å². The van der Waals surface area contributed by atoms with Crippen LogP contribution in [0.4, 0.5) is 0 Å². The summed E-state index contributed by atoms with van der Waals surface area (Å²) in [6, 6.07) is 15.8. The van der Waals surface area contributed by atoms with Gasteiger partial charge in [0, 0.05) is 42.2 Å². The van der Waals surface area contributed by atoms with Crippen molar-refractivity contribution in [2.45, 2.75) is 6.04 Å². The standard InChI is InChI=1S/C23H23ClN2O5/c24-19-4-2-1-3-18(19)20(26-9-11-29-12-10-26)14-25-22(27)15-30-17-7-5-16-6-8-23(28)31-21(16)13-17/h1-8,13,20H,9-12,14-15H2,(H,25,27). The average Bonchev–Trinajstić information content (AvgIpc) is 2.79. The smallest absolute Gasteiger partial charge is 0.336 e. The van der Waals surface area contributed by atoms with Crippen molar-refractivity contribution < 1.29 is 18.7 Å². The lowest BCUT2D eigenvalue weighted by Crippen LogP contribution is -2.44. The van der Waals surface area contributed by atoms with Crippen LogP contribution in [0.2, 0.25) is 5.02 Å². The first-order valence-electron chi connectivity index (χ1n) is 10.1. The van der Waals surface area contributed by atoms with Gasteiger partial charge in [0.1, 0.15) is 11.3 Å². The Morgan fingerprint density at radius 1 is 1.13 bits per heavy atom. The molecule has 1 fully saturated rings. The number of ether oxygens (including phenoxy) is 2. The van der Waals surface area contributed by atoms with Crippen molar-refractivity contribution in [3.05, 3.63) is 75.6 Å². The quantitative estimate of drug-likeness (QED) is 0.566. The summed E-state index contributed by atoms with van der Waals surface area (Å²) in [6.07, 6.45) is 0. The predicted molar refractivity (Wildman–Crippen MR) is 118 cm³/mol. The Balaban J connectivity index is 1.38. The monoisotopic (exact) mass is 442 g/mol. The van der Waals surface area contributed by atoms with Crippen molar-refractivity contribution >= 4 is 28.5 Å². The van der Waals surface area contributed by atoms with E-state index >= 15 is 0 Å². The van der Waals surface area contributed by atoms with Crippen LogP contribution in [0.1, 0.15) is 11.6 Å². The first-order valence-corrected chi connectivity index (χ1v) is 10.5. The molecule has 1 unspecified atom stereocenters. The maximum Gasteiger partial charge on any atom is 0.336 e. The number of benzene rings is 2. The van der Waals surface area contributed by atoms with E-state index in [1.807, 2.05) is 24.3 Å². The fourth-order valence-electron chi connectivity index (χ4n) is 3.61. The van der Waals surface area contributed by atoms with E-state index in [0.29, 0.717) is 36.1 Å². The number of nitrogens with one attached hydrogen (secondary N) is 1. The molecule has 1 aromatic heterocycles. The van der Waals surface area contributed by atoms with Gasteiger partial charge >= 0.3 is 5.63 Å².